The molecule has 4 nitrogen and oxygen atoms in total. The minimum Gasteiger partial charge on any atom is -0.473 e. The highest BCUT2D eigenvalue weighted by atomic mass is 35.5. The van der Waals surface area contributed by atoms with Crippen molar-refractivity contribution in [3.63, 3.8) is 0 Å². The molecule has 0 radical (unpaired) electrons. The van der Waals surface area contributed by atoms with Gasteiger partial charge in [0.05, 0.1) is 0 Å². The Kier molecular flexibility index (Phi) is 5.96. The van der Waals surface area contributed by atoms with Crippen molar-refractivity contribution in [1.82, 2.24) is 5.32 Å². The van der Waals surface area contributed by atoms with Gasteiger partial charge in [0.15, 0.2) is 6.73 Å². The summed E-state index contributed by atoms with van der Waals surface area (Å²) in [5.74, 6) is 0.775. The van der Waals surface area contributed by atoms with Gasteiger partial charge in [-0.15, -0.1) is 0 Å². The molecule has 2 rings (SSSR count). The Morgan fingerprint density at radius 3 is 2.48 bits per heavy atom. The smallest absolute Gasteiger partial charge is 0.321 e. The molecule has 0 aliphatic heterocycles. The van der Waals surface area contributed by atoms with Gasteiger partial charge in [0, 0.05) is 10.7 Å². The van der Waals surface area contributed by atoms with Crippen LogP contribution in [0.25, 0.3) is 0 Å². The normalized spacial score (nSPS) is 11.1. The lowest BCUT2D eigenvalue weighted by atomic mass is 9.85. The van der Waals surface area contributed by atoms with Crippen LogP contribution in [0.3, 0.4) is 0 Å². The van der Waals surface area contributed by atoms with Crippen molar-refractivity contribution in [2.45, 2.75) is 40.0 Å². The van der Waals surface area contributed by atoms with E-state index in [9.17, 15) is 4.79 Å². The molecule has 0 saturated carbocycles. The zero-order chi connectivity index (χ0) is 18.6. The molecule has 2 amide bonds. The summed E-state index contributed by atoms with van der Waals surface area (Å²) in [7, 11) is 0. The van der Waals surface area contributed by atoms with Crippen molar-refractivity contribution in [1.29, 1.82) is 0 Å². The first-order valence-corrected chi connectivity index (χ1v) is 8.59. The maximum absolute atomic E-state index is 12.0. The summed E-state index contributed by atoms with van der Waals surface area (Å²) < 4.78 is 5.77. The van der Waals surface area contributed by atoms with Gasteiger partial charge in [-0.1, -0.05) is 56.1 Å². The Morgan fingerprint density at radius 2 is 1.84 bits per heavy atom. The van der Waals surface area contributed by atoms with Crippen LogP contribution in [0.1, 0.15) is 37.5 Å². The fourth-order valence-corrected chi connectivity index (χ4v) is 2.56. The van der Waals surface area contributed by atoms with E-state index in [1.54, 1.807) is 12.1 Å². The summed E-state index contributed by atoms with van der Waals surface area (Å²) in [6, 6.07) is 11.1. The van der Waals surface area contributed by atoms with Gasteiger partial charge in [-0.05, 0) is 48.6 Å². The number of aryl methyl sites for hydroxylation is 2. The minimum atomic E-state index is -0.343. The Hall–Kier alpha value is -2.20. The number of amides is 2. The zero-order valence-electron chi connectivity index (χ0n) is 15.4. The highest BCUT2D eigenvalue weighted by Gasteiger charge is 2.19. The number of hydrogen-bond acceptors (Lipinski definition) is 2. The van der Waals surface area contributed by atoms with Gasteiger partial charge >= 0.3 is 6.03 Å². The predicted octanol–water partition coefficient (Wildman–Crippen LogP) is 5.41. The topological polar surface area (TPSA) is 50.4 Å². The van der Waals surface area contributed by atoms with Crippen LogP contribution in [0.15, 0.2) is 36.4 Å². The molecule has 0 bridgehead atoms. The second-order valence-electron chi connectivity index (χ2n) is 7.13. The van der Waals surface area contributed by atoms with Crippen LogP contribution in [-0.2, 0) is 5.41 Å². The minimum absolute atomic E-state index is 0.0394. The van der Waals surface area contributed by atoms with Crippen molar-refractivity contribution in [3.05, 3.63) is 58.1 Å². The lowest BCUT2D eigenvalue weighted by Crippen LogP contribution is -2.32. The van der Waals surface area contributed by atoms with E-state index < -0.39 is 0 Å². The van der Waals surface area contributed by atoms with Gasteiger partial charge in [0.2, 0.25) is 0 Å². The zero-order valence-corrected chi connectivity index (χ0v) is 16.1. The van der Waals surface area contributed by atoms with Crippen LogP contribution in [-0.4, -0.2) is 12.8 Å². The maximum atomic E-state index is 12.0. The molecule has 0 fully saturated rings. The molecule has 5 heteroatoms. The van der Waals surface area contributed by atoms with E-state index >= 15 is 0 Å². The Morgan fingerprint density at radius 1 is 1.12 bits per heavy atom. The van der Waals surface area contributed by atoms with Crippen molar-refractivity contribution in [2.24, 2.45) is 0 Å². The monoisotopic (exact) mass is 360 g/mol. The molecule has 0 unspecified atom stereocenters. The van der Waals surface area contributed by atoms with Crippen LogP contribution in [0.5, 0.6) is 5.75 Å². The van der Waals surface area contributed by atoms with Crippen LogP contribution in [0.4, 0.5) is 10.5 Å². The molecule has 134 valence electrons. The fraction of sp³-hybridized carbons (Fsp3) is 0.350. The average Bonchev–Trinajstić information content (AvgIpc) is 2.51. The van der Waals surface area contributed by atoms with Crippen molar-refractivity contribution < 1.29 is 9.53 Å². The van der Waals surface area contributed by atoms with E-state index in [4.69, 9.17) is 16.3 Å². The van der Waals surface area contributed by atoms with Crippen molar-refractivity contribution in [2.75, 3.05) is 12.0 Å². The average molecular weight is 361 g/mol. The Labute approximate surface area is 154 Å². The number of rotatable bonds is 4. The summed E-state index contributed by atoms with van der Waals surface area (Å²) in [6.07, 6.45) is 0. The third kappa shape index (κ3) is 5.40. The van der Waals surface area contributed by atoms with E-state index in [-0.39, 0.29) is 18.2 Å². The number of anilines is 1. The van der Waals surface area contributed by atoms with E-state index in [2.05, 4.69) is 44.4 Å². The summed E-state index contributed by atoms with van der Waals surface area (Å²) in [4.78, 5) is 12.0. The Bertz CT molecular complexity index is 767. The van der Waals surface area contributed by atoms with Crippen LogP contribution in [0, 0.1) is 13.8 Å². The molecule has 0 atom stereocenters. The maximum Gasteiger partial charge on any atom is 0.321 e. The number of carbonyl (C=O) groups is 1. The van der Waals surface area contributed by atoms with Crippen LogP contribution >= 0.6 is 11.6 Å². The molecule has 0 saturated heterocycles. The molecular formula is C20H25ClN2O2. The van der Waals surface area contributed by atoms with Gasteiger partial charge in [-0.3, -0.25) is 0 Å². The van der Waals surface area contributed by atoms with Gasteiger partial charge in [0.1, 0.15) is 5.75 Å². The summed E-state index contributed by atoms with van der Waals surface area (Å²) in [5, 5.41) is 6.04. The van der Waals surface area contributed by atoms with Gasteiger partial charge < -0.3 is 15.4 Å². The third-order valence-corrected chi connectivity index (χ3v) is 4.24. The van der Waals surface area contributed by atoms with E-state index in [0.29, 0.717) is 10.7 Å². The van der Waals surface area contributed by atoms with E-state index in [1.165, 1.54) is 5.56 Å². The first-order valence-electron chi connectivity index (χ1n) is 8.22. The highest BCUT2D eigenvalue weighted by Crippen LogP contribution is 2.32. The van der Waals surface area contributed by atoms with Gasteiger partial charge in [-0.25, -0.2) is 4.79 Å². The van der Waals surface area contributed by atoms with E-state index in [1.807, 2.05) is 25.1 Å². The lowest BCUT2D eigenvalue weighted by Gasteiger charge is -2.23. The molecule has 0 aromatic heterocycles. The quantitative estimate of drug-likeness (QED) is 0.716. The molecular weight excluding hydrogens is 336 g/mol. The molecule has 2 aromatic rings. The standard InChI is InChI=1S/C20H25ClN2O2/c1-13-6-9-18(16(10-13)20(3,4)5)25-12-22-19(24)23-15-8-7-14(2)17(21)11-15/h6-11H,12H2,1-5H3,(H2,22,23,24). The van der Waals surface area contributed by atoms with Crippen molar-refractivity contribution >= 4 is 23.3 Å². The summed E-state index contributed by atoms with van der Waals surface area (Å²) >= 11 is 6.06. The number of ether oxygens (including phenoxy) is 1. The highest BCUT2D eigenvalue weighted by molar-refractivity contribution is 6.31. The van der Waals surface area contributed by atoms with Gasteiger partial charge in [-0.2, -0.15) is 0 Å². The number of carbonyl (C=O) groups excluding carboxylic acids is 1. The summed E-state index contributed by atoms with van der Waals surface area (Å²) in [6.45, 7) is 10.4. The third-order valence-electron chi connectivity index (χ3n) is 3.83. The SMILES string of the molecule is Cc1ccc(OCNC(=O)Nc2ccc(C)c(Cl)c2)c(C(C)(C)C)c1. The number of halogens is 1. The molecule has 0 aliphatic carbocycles. The first-order chi connectivity index (χ1) is 11.7. The van der Waals surface area contributed by atoms with Crippen LogP contribution in [0.2, 0.25) is 5.02 Å². The molecule has 0 spiro atoms. The predicted molar refractivity (Wildman–Crippen MR) is 104 cm³/mol. The van der Waals surface area contributed by atoms with Crippen LogP contribution < -0.4 is 15.4 Å². The molecule has 2 aromatic carbocycles. The molecule has 25 heavy (non-hydrogen) atoms. The van der Waals surface area contributed by atoms with E-state index in [0.717, 1.165) is 16.9 Å². The van der Waals surface area contributed by atoms with Gasteiger partial charge in [0.25, 0.3) is 0 Å². The summed E-state index contributed by atoms with van der Waals surface area (Å²) in [5.41, 5.74) is 3.85. The molecule has 2 N–H and O–H groups in total. The number of urea groups is 1. The van der Waals surface area contributed by atoms with Crippen molar-refractivity contribution in [3.8, 4) is 5.75 Å². The second kappa shape index (κ2) is 7.79. The number of nitrogens with one attached hydrogen (secondary N) is 2. The first kappa shape index (κ1) is 19.1. The molecule has 0 aliphatic rings. The molecule has 0 heterocycles. The number of hydrogen-bond donors (Lipinski definition) is 2. The fourth-order valence-electron chi connectivity index (χ4n) is 2.38. The Balaban J connectivity index is 1.94. The second-order valence-corrected chi connectivity index (χ2v) is 7.54. The largest absolute Gasteiger partial charge is 0.473 e. The lowest BCUT2D eigenvalue weighted by molar-refractivity contribution is 0.233. The number of benzene rings is 2.